The summed E-state index contributed by atoms with van der Waals surface area (Å²) < 4.78 is 33.5. The molecule has 1 unspecified atom stereocenters. The van der Waals surface area contributed by atoms with Gasteiger partial charge in [0.25, 0.3) is 5.92 Å². The number of hydrogen-bond acceptors (Lipinski definition) is 4. The third kappa shape index (κ3) is 4.53. The first kappa shape index (κ1) is 22.7. The smallest absolute Gasteiger partial charge is 0.407 e. The summed E-state index contributed by atoms with van der Waals surface area (Å²) in [5.74, 6) is -8.46. The van der Waals surface area contributed by atoms with Gasteiger partial charge in [0.05, 0.1) is 12.3 Å². The van der Waals surface area contributed by atoms with Gasteiger partial charge in [-0.05, 0) is 29.2 Å². The third-order valence-corrected chi connectivity index (χ3v) is 6.16. The van der Waals surface area contributed by atoms with E-state index in [0.29, 0.717) is 0 Å². The van der Waals surface area contributed by atoms with Crippen LogP contribution in [0.4, 0.5) is 13.6 Å². The highest BCUT2D eigenvalue weighted by Crippen LogP contribution is 2.55. The van der Waals surface area contributed by atoms with Crippen molar-refractivity contribution in [2.75, 3.05) is 13.2 Å². The number of aliphatic carboxylic acids is 1. The highest BCUT2D eigenvalue weighted by Gasteiger charge is 2.71. The molecule has 0 radical (unpaired) electrons. The maximum atomic E-state index is 14.1. The summed E-state index contributed by atoms with van der Waals surface area (Å²) in [6, 6.07) is 14.9. The van der Waals surface area contributed by atoms with E-state index in [2.05, 4.69) is 10.6 Å². The molecule has 3 atom stereocenters. The van der Waals surface area contributed by atoms with Crippen LogP contribution < -0.4 is 10.6 Å². The van der Waals surface area contributed by atoms with E-state index in [9.17, 15) is 23.2 Å². The number of halogens is 2. The largest absolute Gasteiger partial charge is 0.481 e. The number of alkyl carbamates (subject to hydrolysis) is 1. The van der Waals surface area contributed by atoms with Gasteiger partial charge in [0.2, 0.25) is 5.91 Å². The Kier molecular flexibility index (Phi) is 6.05. The second-order valence-corrected chi connectivity index (χ2v) is 8.47. The molecule has 2 aliphatic carbocycles. The lowest BCUT2D eigenvalue weighted by Crippen LogP contribution is -2.36. The van der Waals surface area contributed by atoms with Crippen molar-refractivity contribution in [2.24, 2.45) is 11.8 Å². The van der Waals surface area contributed by atoms with E-state index in [-0.39, 0.29) is 18.9 Å². The first-order valence-corrected chi connectivity index (χ1v) is 10.7. The van der Waals surface area contributed by atoms with Gasteiger partial charge >= 0.3 is 12.1 Å². The Morgan fingerprint density at radius 3 is 2.21 bits per heavy atom. The topological polar surface area (TPSA) is 105 Å². The molecule has 0 bridgehead atoms. The standard InChI is InChI=1S/C24H24F2N2O5/c1-13(10-20(29)30)28-22(31)21-19(24(21,25)26)11-27-23(32)33-12-18-16-8-4-2-6-14(16)15-7-3-5-9-17(15)18/h2-9,13,18-19,21H,10-12H2,1H3,(H,27,32)(H,28,31)(H,29,30)/t13?,19-,21-/m0/s1. The Morgan fingerprint density at radius 2 is 1.64 bits per heavy atom. The Bertz CT molecular complexity index is 1040. The Balaban J connectivity index is 1.30. The number of alkyl halides is 2. The average Bonchev–Trinajstić information content (AvgIpc) is 3.17. The van der Waals surface area contributed by atoms with Crippen LogP contribution in [-0.4, -0.2) is 48.2 Å². The number of amides is 2. The number of carboxylic acid groups (broad SMARTS) is 1. The van der Waals surface area contributed by atoms with Crippen molar-refractivity contribution >= 4 is 18.0 Å². The molecule has 1 fully saturated rings. The zero-order valence-electron chi connectivity index (χ0n) is 17.9. The minimum Gasteiger partial charge on any atom is -0.481 e. The molecule has 0 aromatic heterocycles. The third-order valence-electron chi connectivity index (χ3n) is 6.16. The SMILES string of the molecule is CC(CC(=O)O)NC(=O)[C@@H]1[C@H](CNC(=O)OCC2c3ccccc3-c3ccccc32)C1(F)F. The van der Waals surface area contributed by atoms with Crippen LogP contribution in [0.3, 0.4) is 0 Å². The van der Waals surface area contributed by atoms with Crippen LogP contribution in [0.15, 0.2) is 48.5 Å². The second kappa shape index (κ2) is 8.80. The average molecular weight is 458 g/mol. The van der Waals surface area contributed by atoms with Crippen molar-refractivity contribution in [3.8, 4) is 11.1 Å². The molecule has 0 aliphatic heterocycles. The molecule has 2 aromatic rings. The summed E-state index contributed by atoms with van der Waals surface area (Å²) in [6.07, 6.45) is -1.20. The molecule has 7 nitrogen and oxygen atoms in total. The number of ether oxygens (including phenoxy) is 1. The normalized spacial score (nSPS) is 20.8. The number of carbonyl (C=O) groups is 3. The fourth-order valence-corrected chi connectivity index (χ4v) is 4.49. The molecule has 2 aliphatic rings. The van der Waals surface area contributed by atoms with Crippen molar-refractivity contribution in [2.45, 2.75) is 31.2 Å². The number of hydrogen-bond donors (Lipinski definition) is 3. The Labute approximate surface area is 189 Å². The van der Waals surface area contributed by atoms with Crippen molar-refractivity contribution in [1.82, 2.24) is 10.6 Å². The van der Waals surface area contributed by atoms with Crippen LogP contribution in [0.1, 0.15) is 30.4 Å². The molecule has 174 valence electrons. The van der Waals surface area contributed by atoms with Gasteiger partial charge in [-0.2, -0.15) is 0 Å². The maximum Gasteiger partial charge on any atom is 0.407 e. The zero-order valence-corrected chi connectivity index (χ0v) is 17.9. The van der Waals surface area contributed by atoms with Crippen molar-refractivity contribution in [1.29, 1.82) is 0 Å². The van der Waals surface area contributed by atoms with E-state index in [4.69, 9.17) is 9.84 Å². The van der Waals surface area contributed by atoms with Crippen molar-refractivity contribution in [3.05, 3.63) is 59.7 Å². The first-order chi connectivity index (χ1) is 15.7. The lowest BCUT2D eigenvalue weighted by molar-refractivity contribution is -0.137. The fourth-order valence-electron chi connectivity index (χ4n) is 4.49. The molecule has 1 saturated carbocycles. The summed E-state index contributed by atoms with van der Waals surface area (Å²) in [5, 5.41) is 13.3. The number of carboxylic acids is 1. The van der Waals surface area contributed by atoms with E-state index in [1.54, 1.807) is 0 Å². The summed E-state index contributed by atoms with van der Waals surface area (Å²) in [4.78, 5) is 35.0. The molecule has 2 aromatic carbocycles. The molecule has 4 rings (SSSR count). The Morgan fingerprint density at radius 1 is 1.06 bits per heavy atom. The lowest BCUT2D eigenvalue weighted by Gasteiger charge is -2.14. The predicted molar refractivity (Wildman–Crippen MR) is 115 cm³/mol. The summed E-state index contributed by atoms with van der Waals surface area (Å²) in [5.41, 5.74) is 4.22. The van der Waals surface area contributed by atoms with E-state index >= 15 is 0 Å². The van der Waals surface area contributed by atoms with Gasteiger partial charge in [-0.25, -0.2) is 13.6 Å². The number of fused-ring (bicyclic) bond motifs is 3. The minimum absolute atomic E-state index is 0.0531. The number of rotatable bonds is 8. The fraction of sp³-hybridized carbons (Fsp3) is 0.375. The summed E-state index contributed by atoms with van der Waals surface area (Å²) in [7, 11) is 0. The zero-order chi connectivity index (χ0) is 23.8. The van der Waals surface area contributed by atoms with Crippen LogP contribution in [0.25, 0.3) is 11.1 Å². The molecular formula is C24H24F2N2O5. The van der Waals surface area contributed by atoms with Gasteiger partial charge in [-0.15, -0.1) is 0 Å². The number of nitrogens with one attached hydrogen (secondary N) is 2. The van der Waals surface area contributed by atoms with Crippen LogP contribution >= 0.6 is 0 Å². The molecule has 2 amide bonds. The van der Waals surface area contributed by atoms with Gasteiger partial charge in [0.15, 0.2) is 0 Å². The molecule has 9 heteroatoms. The first-order valence-electron chi connectivity index (χ1n) is 10.7. The highest BCUT2D eigenvalue weighted by molar-refractivity contribution is 5.84. The predicted octanol–water partition coefficient (Wildman–Crippen LogP) is 3.39. The van der Waals surface area contributed by atoms with Gasteiger partial charge in [0.1, 0.15) is 12.5 Å². The molecule has 33 heavy (non-hydrogen) atoms. The van der Waals surface area contributed by atoms with Gasteiger partial charge < -0.3 is 20.5 Å². The maximum absolute atomic E-state index is 14.1. The van der Waals surface area contributed by atoms with Crippen molar-refractivity contribution < 1.29 is 33.0 Å². The van der Waals surface area contributed by atoms with E-state index < -0.39 is 48.3 Å². The highest BCUT2D eigenvalue weighted by atomic mass is 19.3. The second-order valence-electron chi connectivity index (χ2n) is 8.47. The summed E-state index contributed by atoms with van der Waals surface area (Å²) >= 11 is 0. The number of carbonyl (C=O) groups excluding carboxylic acids is 2. The van der Waals surface area contributed by atoms with Crippen LogP contribution in [0.2, 0.25) is 0 Å². The van der Waals surface area contributed by atoms with Crippen LogP contribution in [0, 0.1) is 11.8 Å². The quantitative estimate of drug-likeness (QED) is 0.563. The van der Waals surface area contributed by atoms with Crippen LogP contribution in [-0.2, 0) is 14.3 Å². The lowest BCUT2D eigenvalue weighted by atomic mass is 9.98. The minimum atomic E-state index is -3.27. The van der Waals surface area contributed by atoms with Crippen molar-refractivity contribution in [3.63, 3.8) is 0 Å². The van der Waals surface area contributed by atoms with Gasteiger partial charge in [-0.3, -0.25) is 9.59 Å². The van der Waals surface area contributed by atoms with Crippen LogP contribution in [0.5, 0.6) is 0 Å². The Hall–Kier alpha value is -3.49. The van der Waals surface area contributed by atoms with E-state index in [0.717, 1.165) is 22.3 Å². The number of benzene rings is 2. The monoisotopic (exact) mass is 458 g/mol. The molecule has 0 saturated heterocycles. The van der Waals surface area contributed by atoms with Gasteiger partial charge in [0, 0.05) is 18.5 Å². The summed E-state index contributed by atoms with van der Waals surface area (Å²) in [6.45, 7) is 1.06. The van der Waals surface area contributed by atoms with Gasteiger partial charge in [-0.1, -0.05) is 48.5 Å². The van der Waals surface area contributed by atoms with E-state index in [1.807, 2.05) is 48.5 Å². The molecule has 0 spiro atoms. The van der Waals surface area contributed by atoms with E-state index in [1.165, 1.54) is 6.92 Å². The molecule has 3 N–H and O–H groups in total. The molecular weight excluding hydrogens is 434 g/mol. The molecule has 0 heterocycles.